The number of thioether (sulfide) groups is 1. The van der Waals surface area contributed by atoms with E-state index in [2.05, 4.69) is 15.6 Å². The summed E-state index contributed by atoms with van der Waals surface area (Å²) >= 11 is 1.38. The van der Waals surface area contributed by atoms with Gasteiger partial charge >= 0.3 is 5.97 Å². The molecule has 2 heterocycles. The second kappa shape index (κ2) is 6.72. The van der Waals surface area contributed by atoms with Gasteiger partial charge in [-0.15, -0.1) is 10.2 Å². The first-order chi connectivity index (χ1) is 11.5. The van der Waals surface area contributed by atoms with Gasteiger partial charge in [-0.05, 0) is 31.5 Å². The molecule has 2 unspecified atom stereocenters. The normalized spacial score (nSPS) is 19.3. The maximum absolute atomic E-state index is 12.4. The van der Waals surface area contributed by atoms with E-state index in [4.69, 9.17) is 4.74 Å². The second-order valence-corrected chi connectivity index (χ2v) is 6.86. The van der Waals surface area contributed by atoms with Crippen molar-refractivity contribution in [3.05, 3.63) is 35.7 Å². The lowest BCUT2D eigenvalue weighted by molar-refractivity contribution is -0.142. The lowest BCUT2D eigenvalue weighted by Gasteiger charge is -2.32. The van der Waals surface area contributed by atoms with Crippen LogP contribution >= 0.6 is 11.8 Å². The Labute approximate surface area is 145 Å². The van der Waals surface area contributed by atoms with Crippen molar-refractivity contribution in [2.45, 2.75) is 30.3 Å². The number of hydrogen-bond donors (Lipinski definition) is 1. The molecule has 0 saturated carbocycles. The minimum Gasteiger partial charge on any atom is -0.465 e. The Morgan fingerprint density at radius 2 is 2.04 bits per heavy atom. The fourth-order valence-corrected chi connectivity index (χ4v) is 3.72. The highest BCUT2D eigenvalue weighted by Crippen LogP contribution is 2.37. The van der Waals surface area contributed by atoms with Crippen LogP contribution in [0.2, 0.25) is 0 Å². The number of hydrogen-bond acceptors (Lipinski definition) is 7. The molecule has 0 bridgehead atoms. The number of ether oxygens (including phenoxy) is 1. The summed E-state index contributed by atoms with van der Waals surface area (Å²) in [6, 6.07) is 7.93. The van der Waals surface area contributed by atoms with Gasteiger partial charge in [-0.3, -0.25) is 4.79 Å². The molecule has 0 radical (unpaired) electrons. The van der Waals surface area contributed by atoms with E-state index in [-0.39, 0.29) is 12.0 Å². The summed E-state index contributed by atoms with van der Waals surface area (Å²) in [5, 5.41) is 8.45. The van der Waals surface area contributed by atoms with Gasteiger partial charge in [0.1, 0.15) is 11.1 Å². The molecule has 128 valence electrons. The summed E-state index contributed by atoms with van der Waals surface area (Å²) in [4.78, 5) is 14.5. The first kappa shape index (κ1) is 16.6. The van der Waals surface area contributed by atoms with E-state index >= 15 is 0 Å². The molecule has 0 fully saturated rings. The van der Waals surface area contributed by atoms with E-state index in [1.165, 1.54) is 11.8 Å². The number of nitrogens with zero attached hydrogens (tertiary/aromatic N) is 4. The molecule has 0 spiro atoms. The lowest BCUT2D eigenvalue weighted by atomic mass is 10.0. The third-order valence-electron chi connectivity index (χ3n) is 3.89. The number of benzene rings is 1. The predicted molar refractivity (Wildman–Crippen MR) is 93.9 cm³/mol. The van der Waals surface area contributed by atoms with E-state index in [0.717, 1.165) is 17.1 Å². The maximum Gasteiger partial charge on any atom is 0.322 e. The monoisotopic (exact) mass is 347 g/mol. The molecule has 0 amide bonds. The Balaban J connectivity index is 1.95. The van der Waals surface area contributed by atoms with Crippen LogP contribution in [0, 0.1) is 6.92 Å². The van der Waals surface area contributed by atoms with Gasteiger partial charge in [0.25, 0.3) is 0 Å². The summed E-state index contributed by atoms with van der Waals surface area (Å²) in [6.07, 6.45) is 0. The molecule has 1 aliphatic heterocycles. The number of aryl methyl sites for hydroxylation is 1. The number of anilines is 1. The Morgan fingerprint density at radius 3 is 2.67 bits per heavy atom. The van der Waals surface area contributed by atoms with Crippen molar-refractivity contribution in [1.29, 1.82) is 0 Å². The van der Waals surface area contributed by atoms with E-state index in [9.17, 15) is 4.79 Å². The maximum atomic E-state index is 12.4. The molecule has 7 nitrogen and oxygen atoms in total. The van der Waals surface area contributed by atoms with Crippen molar-refractivity contribution in [1.82, 2.24) is 14.9 Å². The highest BCUT2D eigenvalue weighted by atomic mass is 32.2. The zero-order chi connectivity index (χ0) is 17.3. The van der Waals surface area contributed by atoms with Crippen LogP contribution in [0.3, 0.4) is 0 Å². The number of fused-ring (bicyclic) bond motifs is 1. The largest absolute Gasteiger partial charge is 0.465 e. The van der Waals surface area contributed by atoms with Crippen molar-refractivity contribution < 1.29 is 9.53 Å². The van der Waals surface area contributed by atoms with Crippen LogP contribution in [-0.2, 0) is 9.53 Å². The number of rotatable bonds is 4. The van der Waals surface area contributed by atoms with E-state index in [0.29, 0.717) is 11.8 Å². The number of esters is 1. The molecule has 2 atom stereocenters. The average molecular weight is 347 g/mol. The summed E-state index contributed by atoms with van der Waals surface area (Å²) in [5.41, 5.74) is 5.48. The Hall–Kier alpha value is -2.22. The smallest absolute Gasteiger partial charge is 0.322 e. The Kier molecular flexibility index (Phi) is 4.66. The van der Waals surface area contributed by atoms with Crippen LogP contribution in [0.1, 0.15) is 24.4 Å². The number of aromatic nitrogens is 3. The number of carbonyl (C=O) groups excluding carboxylic acids is 1. The Morgan fingerprint density at radius 1 is 1.33 bits per heavy atom. The topological polar surface area (TPSA) is 72.3 Å². The summed E-state index contributed by atoms with van der Waals surface area (Å²) < 4.78 is 7.08. The zero-order valence-corrected chi connectivity index (χ0v) is 15.0. The van der Waals surface area contributed by atoms with Gasteiger partial charge in [0, 0.05) is 19.8 Å². The van der Waals surface area contributed by atoms with Crippen LogP contribution < -0.4 is 10.3 Å². The van der Waals surface area contributed by atoms with Gasteiger partial charge in [-0.25, -0.2) is 4.68 Å². The number of carbonyl (C=O) groups is 1. The van der Waals surface area contributed by atoms with E-state index < -0.39 is 5.25 Å². The van der Waals surface area contributed by atoms with E-state index in [1.54, 1.807) is 0 Å². The molecule has 1 aromatic heterocycles. The summed E-state index contributed by atoms with van der Waals surface area (Å²) in [7, 11) is 4.00. The van der Waals surface area contributed by atoms with Crippen LogP contribution in [0.5, 0.6) is 0 Å². The fraction of sp³-hybridized carbons (Fsp3) is 0.438. The molecular formula is C16H21N5O2S. The molecule has 3 rings (SSSR count). The zero-order valence-electron chi connectivity index (χ0n) is 14.2. The standard InChI is InChI=1S/C16H21N5O2S/c1-5-23-15(22)14-13(11-6-8-12(9-7-11)20(3)4)19-21-10(2)17-18-16(21)24-14/h6-9,13-14,19H,5H2,1-4H3. The minimum absolute atomic E-state index is 0.215. The summed E-state index contributed by atoms with van der Waals surface area (Å²) in [5.74, 6) is 0.512. The molecule has 1 aliphatic rings. The fourth-order valence-electron chi connectivity index (χ4n) is 2.59. The van der Waals surface area contributed by atoms with Gasteiger partial charge in [-0.1, -0.05) is 23.9 Å². The highest BCUT2D eigenvalue weighted by Gasteiger charge is 2.38. The van der Waals surface area contributed by atoms with Gasteiger partial charge in [-0.2, -0.15) is 0 Å². The lowest BCUT2D eigenvalue weighted by Crippen LogP contribution is -2.39. The number of nitrogens with one attached hydrogen (secondary N) is 1. The molecule has 24 heavy (non-hydrogen) atoms. The third kappa shape index (κ3) is 3.06. The quantitative estimate of drug-likeness (QED) is 0.848. The van der Waals surface area contributed by atoms with Crippen molar-refractivity contribution in [2.75, 3.05) is 31.0 Å². The van der Waals surface area contributed by atoms with Gasteiger partial charge in [0.15, 0.2) is 0 Å². The minimum atomic E-state index is -0.411. The van der Waals surface area contributed by atoms with Gasteiger partial charge < -0.3 is 15.1 Å². The average Bonchev–Trinajstić information content (AvgIpc) is 2.94. The van der Waals surface area contributed by atoms with Crippen LogP contribution in [0.25, 0.3) is 0 Å². The summed E-state index contributed by atoms with van der Waals surface area (Å²) in [6.45, 7) is 4.04. The molecule has 1 N–H and O–H groups in total. The van der Waals surface area contributed by atoms with Crippen molar-refractivity contribution in [3.8, 4) is 0 Å². The second-order valence-electron chi connectivity index (χ2n) is 5.75. The molecule has 2 aromatic rings. The molecule has 0 aliphatic carbocycles. The van der Waals surface area contributed by atoms with Crippen LogP contribution in [0.4, 0.5) is 5.69 Å². The van der Waals surface area contributed by atoms with Crippen LogP contribution in [-0.4, -0.2) is 46.8 Å². The van der Waals surface area contributed by atoms with Crippen LogP contribution in [0.15, 0.2) is 29.4 Å². The SMILES string of the molecule is CCOC(=O)C1Sc2nnc(C)n2NC1c1ccc(N(C)C)cc1. The van der Waals surface area contributed by atoms with Crippen molar-refractivity contribution in [3.63, 3.8) is 0 Å². The molecule has 8 heteroatoms. The Bertz CT molecular complexity index is 729. The third-order valence-corrected chi connectivity index (χ3v) is 5.08. The van der Waals surface area contributed by atoms with Gasteiger partial charge in [0.2, 0.25) is 5.16 Å². The van der Waals surface area contributed by atoms with Gasteiger partial charge in [0.05, 0.1) is 12.6 Å². The van der Waals surface area contributed by atoms with Crippen molar-refractivity contribution >= 4 is 23.4 Å². The molecule has 1 aromatic carbocycles. The molecular weight excluding hydrogens is 326 g/mol. The first-order valence-electron chi connectivity index (χ1n) is 7.80. The predicted octanol–water partition coefficient (Wildman–Crippen LogP) is 1.97. The van der Waals surface area contributed by atoms with Crippen molar-refractivity contribution in [2.24, 2.45) is 0 Å². The molecule has 0 saturated heterocycles. The van der Waals surface area contributed by atoms with E-state index in [1.807, 2.05) is 61.8 Å². The first-order valence-corrected chi connectivity index (χ1v) is 8.68. The highest BCUT2D eigenvalue weighted by molar-refractivity contribution is 8.00.